The summed E-state index contributed by atoms with van der Waals surface area (Å²) in [5.41, 5.74) is 0. The first-order valence-electron chi connectivity index (χ1n) is 6.22. The molecule has 1 fully saturated rings. The molecule has 0 spiro atoms. The van der Waals surface area contributed by atoms with Crippen LogP contribution in [0.4, 0.5) is 0 Å². The van der Waals surface area contributed by atoms with Gasteiger partial charge in [0.1, 0.15) is 0 Å². The van der Waals surface area contributed by atoms with Gasteiger partial charge in [-0.1, -0.05) is 5.16 Å². The average molecular weight is 239 g/mol. The van der Waals surface area contributed by atoms with Crippen molar-refractivity contribution < 1.29 is 4.52 Å². The maximum Gasteiger partial charge on any atom is 0.227 e. The van der Waals surface area contributed by atoms with Gasteiger partial charge in [-0.25, -0.2) is 0 Å². The summed E-state index contributed by atoms with van der Waals surface area (Å²) in [7, 11) is 2.18. The Morgan fingerprint density at radius 1 is 1.29 bits per heavy atom. The van der Waals surface area contributed by atoms with Crippen LogP contribution in [0.3, 0.4) is 0 Å². The fourth-order valence-electron chi connectivity index (χ4n) is 1.94. The molecule has 0 unspecified atom stereocenters. The minimum atomic E-state index is 0.706. The number of likely N-dealkylation sites (N-methyl/N-ethyl adjacent to an activating group) is 1. The summed E-state index contributed by atoms with van der Waals surface area (Å²) in [4.78, 5) is 8.85. The molecule has 17 heavy (non-hydrogen) atoms. The molecular formula is C11H21N5O. The van der Waals surface area contributed by atoms with Gasteiger partial charge in [0, 0.05) is 52.2 Å². The summed E-state index contributed by atoms with van der Waals surface area (Å²) in [5, 5.41) is 6.97. The van der Waals surface area contributed by atoms with E-state index >= 15 is 0 Å². The minimum absolute atomic E-state index is 0.706. The zero-order chi connectivity index (χ0) is 11.9. The Labute approximate surface area is 102 Å². The number of nitrogens with zero attached hydrogens (tertiary/aromatic N) is 4. The van der Waals surface area contributed by atoms with E-state index in [-0.39, 0.29) is 0 Å². The van der Waals surface area contributed by atoms with Crippen LogP contribution in [-0.2, 0) is 6.42 Å². The third-order valence-corrected chi connectivity index (χ3v) is 3.12. The van der Waals surface area contributed by atoms with E-state index in [0.717, 1.165) is 26.1 Å². The van der Waals surface area contributed by atoms with Crippen molar-refractivity contribution >= 4 is 0 Å². The van der Waals surface area contributed by atoms with Gasteiger partial charge in [-0.3, -0.25) is 4.90 Å². The number of rotatable bonds is 6. The molecule has 2 heterocycles. The molecule has 0 atom stereocenters. The Bertz CT molecular complexity index is 295. The maximum absolute atomic E-state index is 4.92. The Balaban J connectivity index is 1.49. The van der Waals surface area contributed by atoms with Crippen molar-refractivity contribution in [1.82, 2.24) is 25.3 Å². The summed E-state index contributed by atoms with van der Waals surface area (Å²) in [6.45, 7) is 7.78. The van der Waals surface area contributed by atoms with Crippen molar-refractivity contribution in [3.63, 3.8) is 0 Å². The first-order valence-corrected chi connectivity index (χ1v) is 6.22. The van der Waals surface area contributed by atoms with E-state index in [1.165, 1.54) is 32.5 Å². The predicted molar refractivity (Wildman–Crippen MR) is 64.8 cm³/mol. The Morgan fingerprint density at radius 2 is 2.12 bits per heavy atom. The molecular weight excluding hydrogens is 218 g/mol. The quantitative estimate of drug-likeness (QED) is 0.672. The molecule has 6 nitrogen and oxygen atoms in total. The summed E-state index contributed by atoms with van der Waals surface area (Å²) >= 11 is 0. The van der Waals surface area contributed by atoms with Gasteiger partial charge in [0.25, 0.3) is 0 Å². The van der Waals surface area contributed by atoms with Gasteiger partial charge in [-0.15, -0.1) is 0 Å². The molecule has 0 bridgehead atoms. The van der Waals surface area contributed by atoms with E-state index in [2.05, 4.69) is 32.3 Å². The van der Waals surface area contributed by atoms with E-state index in [1.54, 1.807) is 0 Å². The van der Waals surface area contributed by atoms with Crippen molar-refractivity contribution in [2.75, 3.05) is 52.9 Å². The van der Waals surface area contributed by atoms with E-state index in [9.17, 15) is 0 Å². The van der Waals surface area contributed by atoms with E-state index in [0.29, 0.717) is 5.89 Å². The lowest BCUT2D eigenvalue weighted by molar-refractivity contribution is 0.155. The highest BCUT2D eigenvalue weighted by molar-refractivity contribution is 4.75. The van der Waals surface area contributed by atoms with Crippen molar-refractivity contribution in [3.8, 4) is 0 Å². The summed E-state index contributed by atoms with van der Waals surface area (Å²) < 4.78 is 4.92. The van der Waals surface area contributed by atoms with Crippen LogP contribution in [0.2, 0.25) is 0 Å². The maximum atomic E-state index is 4.92. The Kier molecular flexibility index (Phi) is 4.90. The summed E-state index contributed by atoms with van der Waals surface area (Å²) in [6, 6.07) is 0. The number of aromatic nitrogens is 2. The van der Waals surface area contributed by atoms with Crippen LogP contribution in [-0.4, -0.2) is 72.8 Å². The first-order chi connectivity index (χ1) is 8.34. The largest absolute Gasteiger partial charge is 0.340 e. The third-order valence-electron chi connectivity index (χ3n) is 3.12. The molecule has 1 saturated heterocycles. The number of hydrogen-bond acceptors (Lipinski definition) is 6. The normalized spacial score (nSPS) is 18.6. The third kappa shape index (κ3) is 4.41. The molecule has 1 aromatic heterocycles. The van der Waals surface area contributed by atoms with Crippen molar-refractivity contribution in [3.05, 3.63) is 12.2 Å². The highest BCUT2D eigenvalue weighted by Crippen LogP contribution is 1.97. The van der Waals surface area contributed by atoms with Gasteiger partial charge in [-0.05, 0) is 7.05 Å². The lowest BCUT2D eigenvalue weighted by Gasteiger charge is -2.32. The molecule has 6 heteroatoms. The second-order valence-electron chi connectivity index (χ2n) is 4.48. The van der Waals surface area contributed by atoms with Crippen LogP contribution in [0, 0.1) is 0 Å². The number of piperazine rings is 1. The Hall–Kier alpha value is -0.980. The standard InChI is InChI=1S/C11H21N5O/c1-15-6-8-16(9-7-15)5-4-12-3-2-11-13-10-14-17-11/h10,12H,2-9H2,1H3. The molecule has 1 aliphatic rings. The zero-order valence-corrected chi connectivity index (χ0v) is 10.4. The van der Waals surface area contributed by atoms with Gasteiger partial charge in [0.15, 0.2) is 6.33 Å². The fraction of sp³-hybridized carbons (Fsp3) is 0.818. The van der Waals surface area contributed by atoms with Gasteiger partial charge in [-0.2, -0.15) is 4.98 Å². The van der Waals surface area contributed by atoms with Gasteiger partial charge >= 0.3 is 0 Å². The molecule has 0 radical (unpaired) electrons. The van der Waals surface area contributed by atoms with E-state index in [1.807, 2.05) is 0 Å². The topological polar surface area (TPSA) is 57.4 Å². The number of hydrogen-bond donors (Lipinski definition) is 1. The summed E-state index contributed by atoms with van der Waals surface area (Å²) in [5.74, 6) is 0.706. The first kappa shape index (κ1) is 12.5. The van der Waals surface area contributed by atoms with Crippen molar-refractivity contribution in [2.24, 2.45) is 0 Å². The zero-order valence-electron chi connectivity index (χ0n) is 10.4. The second-order valence-corrected chi connectivity index (χ2v) is 4.48. The molecule has 0 aliphatic carbocycles. The van der Waals surface area contributed by atoms with E-state index < -0.39 is 0 Å². The second kappa shape index (κ2) is 6.68. The SMILES string of the molecule is CN1CCN(CCNCCc2ncno2)CC1. The molecule has 0 aromatic carbocycles. The summed E-state index contributed by atoms with van der Waals surface area (Å²) in [6.07, 6.45) is 2.25. The molecule has 96 valence electrons. The van der Waals surface area contributed by atoms with Crippen LogP contribution in [0.5, 0.6) is 0 Å². The fourth-order valence-corrected chi connectivity index (χ4v) is 1.94. The molecule has 1 aromatic rings. The van der Waals surface area contributed by atoms with Crippen LogP contribution in [0.25, 0.3) is 0 Å². The van der Waals surface area contributed by atoms with Crippen LogP contribution >= 0.6 is 0 Å². The van der Waals surface area contributed by atoms with Crippen molar-refractivity contribution in [1.29, 1.82) is 0 Å². The van der Waals surface area contributed by atoms with Gasteiger partial charge in [0.2, 0.25) is 5.89 Å². The minimum Gasteiger partial charge on any atom is -0.340 e. The molecule has 1 N–H and O–H groups in total. The highest BCUT2D eigenvalue weighted by atomic mass is 16.5. The van der Waals surface area contributed by atoms with Crippen molar-refractivity contribution in [2.45, 2.75) is 6.42 Å². The Morgan fingerprint density at radius 3 is 2.82 bits per heavy atom. The van der Waals surface area contributed by atoms with E-state index in [4.69, 9.17) is 4.52 Å². The monoisotopic (exact) mass is 239 g/mol. The van der Waals surface area contributed by atoms with Crippen LogP contribution in [0.1, 0.15) is 5.89 Å². The van der Waals surface area contributed by atoms with Crippen LogP contribution < -0.4 is 5.32 Å². The highest BCUT2D eigenvalue weighted by Gasteiger charge is 2.12. The predicted octanol–water partition coefficient (Wildman–Crippen LogP) is -0.551. The lowest BCUT2D eigenvalue weighted by atomic mass is 10.3. The average Bonchev–Trinajstić information content (AvgIpc) is 2.84. The smallest absolute Gasteiger partial charge is 0.227 e. The molecule has 0 saturated carbocycles. The number of nitrogens with one attached hydrogen (secondary N) is 1. The van der Waals surface area contributed by atoms with Crippen LogP contribution in [0.15, 0.2) is 10.9 Å². The molecule has 0 amide bonds. The molecule has 2 rings (SSSR count). The lowest BCUT2D eigenvalue weighted by Crippen LogP contribution is -2.46. The molecule has 1 aliphatic heterocycles. The van der Waals surface area contributed by atoms with Gasteiger partial charge in [0.05, 0.1) is 0 Å². The van der Waals surface area contributed by atoms with Gasteiger partial charge < -0.3 is 14.7 Å².